The van der Waals surface area contributed by atoms with Crippen molar-refractivity contribution in [2.75, 3.05) is 26.7 Å². The number of likely N-dealkylation sites (tertiary alicyclic amines) is 2. The van der Waals surface area contributed by atoms with Gasteiger partial charge in [0.15, 0.2) is 5.82 Å². The van der Waals surface area contributed by atoms with Crippen LogP contribution in [-0.2, 0) is 0 Å². The maximum Gasteiger partial charge on any atom is 0.255 e. The van der Waals surface area contributed by atoms with Crippen LogP contribution in [-0.4, -0.2) is 57.5 Å². The molecule has 2 aromatic heterocycles. The zero-order chi connectivity index (χ0) is 17.4. The molecule has 1 amide bonds. The first-order valence-electron chi connectivity index (χ1n) is 8.76. The molecule has 0 radical (unpaired) electrons. The van der Waals surface area contributed by atoms with Gasteiger partial charge in [-0.25, -0.2) is 0 Å². The second-order valence-electron chi connectivity index (χ2n) is 7.34. The molecular weight excluding hydrogens is 318 g/mol. The summed E-state index contributed by atoms with van der Waals surface area (Å²) in [6.45, 7) is 4.42. The van der Waals surface area contributed by atoms with E-state index in [0.29, 0.717) is 11.5 Å². The Labute approximate surface area is 147 Å². The van der Waals surface area contributed by atoms with Crippen molar-refractivity contribution >= 4 is 5.91 Å². The lowest BCUT2D eigenvalue weighted by Crippen LogP contribution is -2.44. The number of pyridine rings is 1. The number of carbonyl (C=O) groups excluding carboxylic acids is 1. The standard InChI is InChI=1S/C18H23N5O2/c1-13-20-16(21-25-13)15-10-18(12-22(15)2)5-8-23(9-6-18)17(24)14-4-3-7-19-11-14/h3-4,7,11,15H,5-6,8-10,12H2,1-2H3. The molecule has 4 rings (SSSR count). The molecule has 132 valence electrons. The SMILES string of the molecule is Cc1nc(C2CC3(CCN(C(=O)c4cccnc4)CC3)CN2C)no1. The van der Waals surface area contributed by atoms with Crippen molar-refractivity contribution in [2.45, 2.75) is 32.2 Å². The van der Waals surface area contributed by atoms with E-state index >= 15 is 0 Å². The number of rotatable bonds is 2. The third-order valence-electron chi connectivity index (χ3n) is 5.60. The highest BCUT2D eigenvalue weighted by Crippen LogP contribution is 2.47. The van der Waals surface area contributed by atoms with E-state index in [0.717, 1.165) is 44.7 Å². The van der Waals surface area contributed by atoms with Crippen LogP contribution >= 0.6 is 0 Å². The van der Waals surface area contributed by atoms with E-state index in [9.17, 15) is 4.79 Å². The average molecular weight is 341 g/mol. The Morgan fingerprint density at radius 3 is 2.80 bits per heavy atom. The van der Waals surface area contributed by atoms with Crippen LogP contribution in [0.1, 0.15) is 47.4 Å². The van der Waals surface area contributed by atoms with Crippen molar-refractivity contribution in [3.8, 4) is 0 Å². The molecule has 7 nitrogen and oxygen atoms in total. The van der Waals surface area contributed by atoms with E-state index in [2.05, 4.69) is 27.1 Å². The molecule has 2 aliphatic heterocycles. The molecule has 1 unspecified atom stereocenters. The fourth-order valence-electron chi connectivity index (χ4n) is 4.23. The Kier molecular flexibility index (Phi) is 4.03. The molecule has 7 heteroatoms. The Morgan fingerprint density at radius 2 is 2.16 bits per heavy atom. The van der Waals surface area contributed by atoms with Crippen LogP contribution in [0.5, 0.6) is 0 Å². The lowest BCUT2D eigenvalue weighted by atomic mass is 9.76. The Hall–Kier alpha value is -2.28. The molecule has 0 aromatic carbocycles. The minimum atomic E-state index is 0.0830. The minimum absolute atomic E-state index is 0.0830. The predicted molar refractivity (Wildman–Crippen MR) is 90.8 cm³/mol. The number of aromatic nitrogens is 3. The first-order valence-corrected chi connectivity index (χ1v) is 8.76. The normalized spacial score (nSPS) is 23.3. The quantitative estimate of drug-likeness (QED) is 0.832. The number of hydrogen-bond acceptors (Lipinski definition) is 6. The van der Waals surface area contributed by atoms with E-state index in [1.807, 2.05) is 24.0 Å². The average Bonchev–Trinajstić information content (AvgIpc) is 3.19. The third kappa shape index (κ3) is 3.04. The van der Waals surface area contributed by atoms with Crippen molar-refractivity contribution in [3.05, 3.63) is 41.8 Å². The van der Waals surface area contributed by atoms with Crippen molar-refractivity contribution in [1.82, 2.24) is 24.9 Å². The highest BCUT2D eigenvalue weighted by molar-refractivity contribution is 5.93. The highest BCUT2D eigenvalue weighted by atomic mass is 16.5. The summed E-state index contributed by atoms with van der Waals surface area (Å²) < 4.78 is 5.15. The smallest absolute Gasteiger partial charge is 0.255 e. The van der Waals surface area contributed by atoms with E-state index in [1.165, 1.54) is 0 Å². The topological polar surface area (TPSA) is 75.4 Å². The largest absolute Gasteiger partial charge is 0.340 e. The number of amides is 1. The first kappa shape index (κ1) is 16.2. The van der Waals surface area contributed by atoms with Crippen LogP contribution < -0.4 is 0 Å². The van der Waals surface area contributed by atoms with Crippen molar-refractivity contribution in [2.24, 2.45) is 5.41 Å². The van der Waals surface area contributed by atoms with Crippen LogP contribution in [0.3, 0.4) is 0 Å². The first-order chi connectivity index (χ1) is 12.1. The van der Waals surface area contributed by atoms with Gasteiger partial charge in [-0.1, -0.05) is 5.16 Å². The van der Waals surface area contributed by atoms with Gasteiger partial charge in [-0.05, 0) is 43.9 Å². The molecule has 25 heavy (non-hydrogen) atoms. The summed E-state index contributed by atoms with van der Waals surface area (Å²) in [5, 5.41) is 4.11. The molecule has 0 N–H and O–H groups in total. The number of hydrogen-bond donors (Lipinski definition) is 0. The summed E-state index contributed by atoms with van der Waals surface area (Å²) in [7, 11) is 2.12. The van der Waals surface area contributed by atoms with Gasteiger partial charge in [0.25, 0.3) is 5.91 Å². The maximum atomic E-state index is 12.6. The van der Waals surface area contributed by atoms with Gasteiger partial charge in [-0.15, -0.1) is 0 Å². The lowest BCUT2D eigenvalue weighted by Gasteiger charge is -2.39. The molecule has 0 saturated carbocycles. The van der Waals surface area contributed by atoms with Crippen LogP contribution in [0.15, 0.2) is 29.0 Å². The molecule has 0 bridgehead atoms. The number of carbonyl (C=O) groups is 1. The number of aryl methyl sites for hydroxylation is 1. The van der Waals surface area contributed by atoms with E-state index in [1.54, 1.807) is 12.4 Å². The van der Waals surface area contributed by atoms with Gasteiger partial charge < -0.3 is 9.42 Å². The zero-order valence-corrected chi connectivity index (χ0v) is 14.7. The monoisotopic (exact) mass is 341 g/mol. The van der Waals surface area contributed by atoms with E-state index in [4.69, 9.17) is 4.52 Å². The van der Waals surface area contributed by atoms with Gasteiger partial charge in [0.2, 0.25) is 5.89 Å². The highest BCUT2D eigenvalue weighted by Gasteiger charge is 2.46. The second-order valence-corrected chi connectivity index (χ2v) is 7.34. The van der Waals surface area contributed by atoms with Gasteiger partial charge in [-0.3, -0.25) is 14.7 Å². The van der Waals surface area contributed by atoms with E-state index in [-0.39, 0.29) is 17.4 Å². The molecular formula is C18H23N5O2. The van der Waals surface area contributed by atoms with Crippen LogP contribution in [0.2, 0.25) is 0 Å². The van der Waals surface area contributed by atoms with Crippen molar-refractivity contribution in [3.63, 3.8) is 0 Å². The zero-order valence-electron chi connectivity index (χ0n) is 14.7. The summed E-state index contributed by atoms with van der Waals surface area (Å²) >= 11 is 0. The maximum absolute atomic E-state index is 12.6. The van der Waals surface area contributed by atoms with Gasteiger partial charge >= 0.3 is 0 Å². The van der Waals surface area contributed by atoms with Crippen molar-refractivity contribution in [1.29, 1.82) is 0 Å². The summed E-state index contributed by atoms with van der Waals surface area (Å²) in [5.74, 6) is 1.48. The van der Waals surface area contributed by atoms with Crippen LogP contribution in [0.25, 0.3) is 0 Å². The molecule has 0 aliphatic carbocycles. The second kappa shape index (κ2) is 6.22. The molecule has 2 fully saturated rings. The Balaban J connectivity index is 1.42. The van der Waals surface area contributed by atoms with Crippen LogP contribution in [0.4, 0.5) is 0 Å². The predicted octanol–water partition coefficient (Wildman–Crippen LogP) is 2.07. The molecule has 1 spiro atoms. The Morgan fingerprint density at radius 1 is 1.36 bits per heavy atom. The molecule has 2 aliphatic rings. The lowest BCUT2D eigenvalue weighted by molar-refractivity contribution is 0.0593. The summed E-state index contributed by atoms with van der Waals surface area (Å²) in [6.07, 6.45) is 6.38. The minimum Gasteiger partial charge on any atom is -0.340 e. The van der Waals surface area contributed by atoms with Gasteiger partial charge in [0.05, 0.1) is 11.6 Å². The van der Waals surface area contributed by atoms with Gasteiger partial charge in [0, 0.05) is 39.0 Å². The van der Waals surface area contributed by atoms with Gasteiger partial charge in [0.1, 0.15) is 0 Å². The summed E-state index contributed by atoms with van der Waals surface area (Å²) in [4.78, 5) is 25.3. The van der Waals surface area contributed by atoms with E-state index < -0.39 is 0 Å². The van der Waals surface area contributed by atoms with Crippen molar-refractivity contribution < 1.29 is 9.32 Å². The summed E-state index contributed by atoms with van der Waals surface area (Å²) in [6, 6.07) is 3.85. The van der Waals surface area contributed by atoms with Gasteiger partial charge in [-0.2, -0.15) is 4.98 Å². The molecule has 2 aromatic rings. The third-order valence-corrected chi connectivity index (χ3v) is 5.60. The number of piperidine rings is 1. The summed E-state index contributed by atoms with van der Waals surface area (Å²) in [5.41, 5.74) is 0.904. The number of nitrogens with zero attached hydrogens (tertiary/aromatic N) is 5. The van der Waals surface area contributed by atoms with Crippen LogP contribution in [0, 0.1) is 12.3 Å². The molecule has 1 atom stereocenters. The molecule has 4 heterocycles. The fourth-order valence-corrected chi connectivity index (χ4v) is 4.23. The fraction of sp³-hybridized carbons (Fsp3) is 0.556. The Bertz CT molecular complexity index is 752. The molecule has 2 saturated heterocycles.